The molecule has 1 fully saturated rings. The molecule has 0 atom stereocenters. The van der Waals surface area contributed by atoms with Crippen LogP contribution in [0.1, 0.15) is 18.9 Å². The predicted molar refractivity (Wildman–Crippen MR) is 91.9 cm³/mol. The molecular formula is C13H17Cl3N4O2. The molecule has 1 aliphatic rings. The largest absolute Gasteiger partial charge is 0.318 e. The van der Waals surface area contributed by atoms with Crippen LogP contribution >= 0.6 is 36.4 Å². The van der Waals surface area contributed by atoms with E-state index in [1.165, 1.54) is 15.3 Å². The first-order valence-electron chi connectivity index (χ1n) is 6.57. The second-order valence-electron chi connectivity index (χ2n) is 5.02. The van der Waals surface area contributed by atoms with Gasteiger partial charge in [-0.2, -0.15) is 0 Å². The van der Waals surface area contributed by atoms with E-state index in [2.05, 4.69) is 10.3 Å². The van der Waals surface area contributed by atoms with Crippen LogP contribution in [-0.4, -0.2) is 27.2 Å². The molecule has 6 nitrogen and oxygen atoms in total. The van der Waals surface area contributed by atoms with Crippen LogP contribution in [0, 0.1) is 0 Å². The van der Waals surface area contributed by atoms with Gasteiger partial charge in [-0.1, -0.05) is 11.6 Å². The Morgan fingerprint density at radius 1 is 1.23 bits per heavy atom. The topological polar surface area (TPSA) is 68.9 Å². The van der Waals surface area contributed by atoms with E-state index in [0.29, 0.717) is 16.2 Å². The van der Waals surface area contributed by atoms with Gasteiger partial charge >= 0.3 is 11.1 Å². The van der Waals surface area contributed by atoms with Gasteiger partial charge in [0.2, 0.25) is 0 Å². The van der Waals surface area contributed by atoms with Crippen LogP contribution in [-0.2, 0) is 7.05 Å². The minimum Gasteiger partial charge on any atom is -0.317 e. The van der Waals surface area contributed by atoms with Gasteiger partial charge < -0.3 is 9.88 Å². The number of nitrogens with one attached hydrogen (secondary N) is 1. The highest BCUT2D eigenvalue weighted by atomic mass is 35.5. The number of fused-ring (bicyclic) bond motifs is 1. The van der Waals surface area contributed by atoms with Gasteiger partial charge in [-0.25, -0.2) is 4.98 Å². The zero-order valence-electron chi connectivity index (χ0n) is 11.9. The summed E-state index contributed by atoms with van der Waals surface area (Å²) in [5, 5.41) is 3.69. The lowest BCUT2D eigenvalue weighted by molar-refractivity contribution is 0.365. The van der Waals surface area contributed by atoms with Gasteiger partial charge in [0.05, 0.1) is 10.5 Å². The number of halogens is 3. The van der Waals surface area contributed by atoms with Crippen LogP contribution in [0.4, 0.5) is 0 Å². The van der Waals surface area contributed by atoms with Crippen LogP contribution < -0.4 is 16.4 Å². The molecule has 122 valence electrons. The molecule has 2 aromatic rings. The number of hydrogen-bond acceptors (Lipinski definition) is 4. The fourth-order valence-electron chi connectivity index (χ4n) is 2.71. The molecule has 0 aromatic carbocycles. The summed E-state index contributed by atoms with van der Waals surface area (Å²) < 4.78 is 2.85. The van der Waals surface area contributed by atoms with Crippen molar-refractivity contribution in [2.75, 3.05) is 13.1 Å². The number of nitrogens with zero attached hydrogens (tertiary/aromatic N) is 3. The zero-order valence-corrected chi connectivity index (χ0v) is 14.3. The normalized spacial score (nSPS) is 15.2. The minimum absolute atomic E-state index is 0. The third kappa shape index (κ3) is 3.15. The molecule has 2 aromatic heterocycles. The average molecular weight is 368 g/mol. The number of pyridine rings is 1. The molecule has 1 saturated heterocycles. The molecule has 1 N–H and O–H groups in total. The quantitative estimate of drug-likeness (QED) is 0.776. The average Bonchev–Trinajstić information content (AvgIpc) is 2.47. The van der Waals surface area contributed by atoms with E-state index in [-0.39, 0.29) is 30.9 Å². The summed E-state index contributed by atoms with van der Waals surface area (Å²) in [4.78, 5) is 28.7. The number of hydrogen-bond donors (Lipinski definition) is 1. The van der Waals surface area contributed by atoms with E-state index in [1.807, 2.05) is 0 Å². The van der Waals surface area contributed by atoms with Gasteiger partial charge in [0.1, 0.15) is 0 Å². The second-order valence-corrected chi connectivity index (χ2v) is 5.45. The fraction of sp³-hybridized carbons (Fsp3) is 0.462. The van der Waals surface area contributed by atoms with Crippen molar-refractivity contribution in [1.82, 2.24) is 19.4 Å². The Labute approximate surface area is 144 Å². The van der Waals surface area contributed by atoms with Crippen LogP contribution in [0.2, 0.25) is 5.02 Å². The number of piperidine rings is 1. The first-order chi connectivity index (χ1) is 9.59. The van der Waals surface area contributed by atoms with Crippen LogP contribution in [0.25, 0.3) is 11.2 Å². The standard InChI is InChI=1S/C13H15ClN4O2.2ClH/c1-17-10-6-8(14)7-16-11(10)18(13(20)12(17)19)9-2-4-15-5-3-9;;/h6-7,9,15H,2-5H2,1H3;2*1H. The molecule has 0 saturated carbocycles. The van der Waals surface area contributed by atoms with Crippen molar-refractivity contribution in [2.24, 2.45) is 7.05 Å². The Morgan fingerprint density at radius 3 is 2.50 bits per heavy atom. The maximum Gasteiger partial charge on any atom is 0.318 e. The molecule has 3 rings (SSSR count). The van der Waals surface area contributed by atoms with E-state index in [9.17, 15) is 9.59 Å². The molecule has 22 heavy (non-hydrogen) atoms. The lowest BCUT2D eigenvalue weighted by Gasteiger charge is -2.25. The Bertz CT molecular complexity index is 781. The van der Waals surface area contributed by atoms with Crippen LogP contribution in [0.15, 0.2) is 21.9 Å². The van der Waals surface area contributed by atoms with Gasteiger partial charge in [0.25, 0.3) is 0 Å². The van der Waals surface area contributed by atoms with Gasteiger partial charge in [-0.15, -0.1) is 24.8 Å². The SMILES string of the molecule is Cl.Cl.Cn1c(=O)c(=O)n(C2CCNCC2)c2ncc(Cl)cc21. The number of aromatic nitrogens is 3. The molecule has 0 radical (unpaired) electrons. The number of aryl methyl sites for hydroxylation is 1. The van der Waals surface area contributed by atoms with Gasteiger partial charge in [0.15, 0.2) is 5.65 Å². The van der Waals surface area contributed by atoms with Gasteiger partial charge in [0, 0.05) is 19.3 Å². The first kappa shape index (κ1) is 19.0. The Kier molecular flexibility index (Phi) is 6.43. The van der Waals surface area contributed by atoms with Crippen LogP contribution in [0.3, 0.4) is 0 Å². The molecule has 1 aliphatic heterocycles. The summed E-state index contributed by atoms with van der Waals surface area (Å²) in [6.07, 6.45) is 3.13. The third-order valence-corrected chi connectivity index (χ3v) is 3.99. The molecule has 0 spiro atoms. The summed E-state index contributed by atoms with van der Waals surface area (Å²) in [5.41, 5.74) is 0.0517. The monoisotopic (exact) mass is 366 g/mol. The highest BCUT2D eigenvalue weighted by molar-refractivity contribution is 6.31. The third-order valence-electron chi connectivity index (χ3n) is 3.78. The van der Waals surface area contributed by atoms with E-state index >= 15 is 0 Å². The summed E-state index contributed by atoms with van der Waals surface area (Å²) >= 11 is 5.95. The maximum absolute atomic E-state index is 12.3. The zero-order chi connectivity index (χ0) is 14.3. The van der Waals surface area contributed by atoms with Crippen molar-refractivity contribution in [3.63, 3.8) is 0 Å². The molecule has 0 amide bonds. The number of rotatable bonds is 1. The summed E-state index contributed by atoms with van der Waals surface area (Å²) in [7, 11) is 1.57. The summed E-state index contributed by atoms with van der Waals surface area (Å²) in [6.45, 7) is 1.67. The van der Waals surface area contributed by atoms with Crippen molar-refractivity contribution < 1.29 is 0 Å². The molecule has 0 unspecified atom stereocenters. The van der Waals surface area contributed by atoms with E-state index in [0.717, 1.165) is 25.9 Å². The second kappa shape index (κ2) is 7.46. The van der Waals surface area contributed by atoms with Crippen molar-refractivity contribution in [3.8, 4) is 0 Å². The highest BCUT2D eigenvalue weighted by Gasteiger charge is 2.21. The van der Waals surface area contributed by atoms with E-state index < -0.39 is 11.1 Å². The van der Waals surface area contributed by atoms with Gasteiger partial charge in [-0.05, 0) is 32.0 Å². The molecule has 0 aliphatic carbocycles. The Hall–Kier alpha value is -1.08. The smallest absolute Gasteiger partial charge is 0.317 e. The van der Waals surface area contributed by atoms with E-state index in [1.54, 1.807) is 13.1 Å². The van der Waals surface area contributed by atoms with Crippen molar-refractivity contribution in [3.05, 3.63) is 38.0 Å². The highest BCUT2D eigenvalue weighted by Crippen LogP contribution is 2.21. The van der Waals surface area contributed by atoms with Crippen molar-refractivity contribution in [2.45, 2.75) is 18.9 Å². The Balaban J connectivity index is 0.00000121. The molecule has 3 heterocycles. The summed E-state index contributed by atoms with van der Waals surface area (Å²) in [6, 6.07) is 1.68. The summed E-state index contributed by atoms with van der Waals surface area (Å²) in [5.74, 6) is 0. The predicted octanol–water partition coefficient (Wildman–Crippen LogP) is 1.52. The Morgan fingerprint density at radius 2 is 1.86 bits per heavy atom. The molecular weight excluding hydrogens is 351 g/mol. The molecule has 0 bridgehead atoms. The molecule has 9 heteroatoms. The lowest BCUT2D eigenvalue weighted by Crippen LogP contribution is -2.44. The van der Waals surface area contributed by atoms with Crippen LogP contribution in [0.5, 0.6) is 0 Å². The maximum atomic E-state index is 12.3. The fourth-order valence-corrected chi connectivity index (χ4v) is 2.86. The van der Waals surface area contributed by atoms with Crippen molar-refractivity contribution in [1.29, 1.82) is 0 Å². The van der Waals surface area contributed by atoms with Gasteiger partial charge in [-0.3, -0.25) is 14.2 Å². The lowest BCUT2D eigenvalue weighted by atomic mass is 10.1. The van der Waals surface area contributed by atoms with Crippen molar-refractivity contribution >= 4 is 47.6 Å². The first-order valence-corrected chi connectivity index (χ1v) is 6.95. The van der Waals surface area contributed by atoms with E-state index in [4.69, 9.17) is 11.6 Å². The minimum atomic E-state index is -0.542.